The molecule has 3 heterocycles. The molecule has 0 aliphatic carbocycles. The van der Waals surface area contributed by atoms with Crippen LogP contribution in [0.15, 0.2) is 57.5 Å². The number of benzene rings is 2. The second-order valence-corrected chi connectivity index (χ2v) is 11.8. The van der Waals surface area contributed by atoms with Crippen LogP contribution < -0.4 is 24.5 Å². The summed E-state index contributed by atoms with van der Waals surface area (Å²) >= 11 is 7.53. The van der Waals surface area contributed by atoms with Gasteiger partial charge in [0.1, 0.15) is 11.8 Å². The quantitative estimate of drug-likeness (QED) is 0.218. The first kappa shape index (κ1) is 29.5. The number of carbonyl (C=O) groups is 1. The van der Waals surface area contributed by atoms with Crippen LogP contribution in [0.1, 0.15) is 50.8 Å². The van der Waals surface area contributed by atoms with Crippen molar-refractivity contribution in [3.05, 3.63) is 93.6 Å². The first-order valence-corrected chi connectivity index (χ1v) is 14.9. The molecule has 0 N–H and O–H groups in total. The Morgan fingerprint density at radius 3 is 2.64 bits per heavy atom. The van der Waals surface area contributed by atoms with Gasteiger partial charge in [-0.05, 0) is 62.9 Å². The number of anilines is 1. The average Bonchev–Trinajstić information content (AvgIpc) is 3.26. The summed E-state index contributed by atoms with van der Waals surface area (Å²) in [7, 11) is 1.50. The highest BCUT2D eigenvalue weighted by Gasteiger charge is 2.35. The molecule has 1 saturated heterocycles. The lowest BCUT2D eigenvalue weighted by molar-refractivity contribution is -0.384. The first-order chi connectivity index (χ1) is 20.1. The number of nitrogens with zero attached hydrogens (tertiary/aromatic N) is 4. The van der Waals surface area contributed by atoms with E-state index in [9.17, 15) is 19.7 Å². The molecule has 1 atom stereocenters. The highest BCUT2D eigenvalue weighted by Crippen LogP contribution is 2.37. The van der Waals surface area contributed by atoms with Crippen molar-refractivity contribution < 1.29 is 19.2 Å². The SMILES string of the molecule is CCOC(=O)C1=C(C)N=c2s/c(=C\c3cc([N+](=O)[O-])ccc3N3CCC(C)CC3)c(=O)n2[C@H]1c1cc(Cl)ccc1OC. The van der Waals surface area contributed by atoms with Crippen LogP contribution >= 0.6 is 22.9 Å². The highest BCUT2D eigenvalue weighted by atomic mass is 35.5. The van der Waals surface area contributed by atoms with Gasteiger partial charge in [-0.3, -0.25) is 19.5 Å². The van der Waals surface area contributed by atoms with Gasteiger partial charge in [-0.25, -0.2) is 9.79 Å². The molecule has 10 nitrogen and oxygen atoms in total. The van der Waals surface area contributed by atoms with Gasteiger partial charge in [0.25, 0.3) is 11.2 Å². The monoisotopic (exact) mass is 610 g/mol. The van der Waals surface area contributed by atoms with E-state index in [0.717, 1.165) is 43.0 Å². The van der Waals surface area contributed by atoms with Crippen LogP contribution in [0.3, 0.4) is 0 Å². The Hall–Kier alpha value is -3.96. The molecule has 5 rings (SSSR count). The third-order valence-corrected chi connectivity index (χ3v) is 8.85. The van der Waals surface area contributed by atoms with Crippen LogP contribution in [0, 0.1) is 16.0 Å². The van der Waals surface area contributed by atoms with Gasteiger partial charge in [0, 0.05) is 47.1 Å². The van der Waals surface area contributed by atoms with Crippen molar-refractivity contribution in [1.29, 1.82) is 0 Å². The molecular formula is C30H31ClN4O6S. The lowest BCUT2D eigenvalue weighted by Gasteiger charge is -2.33. The van der Waals surface area contributed by atoms with Crippen molar-refractivity contribution in [3.8, 4) is 5.75 Å². The number of piperidine rings is 1. The van der Waals surface area contributed by atoms with Crippen molar-refractivity contribution >= 4 is 46.4 Å². The number of non-ortho nitro benzene ring substituents is 1. The van der Waals surface area contributed by atoms with Crippen LogP contribution in [0.25, 0.3) is 6.08 Å². The number of aromatic nitrogens is 1. The Balaban J connectivity index is 1.74. The van der Waals surface area contributed by atoms with E-state index in [2.05, 4.69) is 16.8 Å². The molecule has 0 bridgehead atoms. The zero-order valence-corrected chi connectivity index (χ0v) is 25.3. The Morgan fingerprint density at radius 2 is 1.98 bits per heavy atom. The van der Waals surface area contributed by atoms with Gasteiger partial charge in [0.05, 0.1) is 34.4 Å². The number of ether oxygens (including phenoxy) is 2. The maximum atomic E-state index is 14.2. The summed E-state index contributed by atoms with van der Waals surface area (Å²) in [5.74, 6) is 0.447. The normalized spacial score (nSPS) is 17.6. The molecule has 1 fully saturated rings. The van der Waals surface area contributed by atoms with E-state index in [-0.39, 0.29) is 17.9 Å². The van der Waals surface area contributed by atoms with Crippen molar-refractivity contribution in [2.45, 2.75) is 39.7 Å². The van der Waals surface area contributed by atoms with Gasteiger partial charge in [-0.1, -0.05) is 29.9 Å². The molecule has 42 heavy (non-hydrogen) atoms. The van der Waals surface area contributed by atoms with Gasteiger partial charge in [0.2, 0.25) is 0 Å². The van der Waals surface area contributed by atoms with Crippen LogP contribution in [-0.4, -0.2) is 42.3 Å². The second-order valence-electron chi connectivity index (χ2n) is 10.4. The van der Waals surface area contributed by atoms with Crippen LogP contribution in [-0.2, 0) is 9.53 Å². The van der Waals surface area contributed by atoms with Crippen molar-refractivity contribution in [3.63, 3.8) is 0 Å². The molecule has 2 aliphatic rings. The average molecular weight is 611 g/mol. The van der Waals surface area contributed by atoms with E-state index in [1.54, 1.807) is 44.2 Å². The summed E-state index contributed by atoms with van der Waals surface area (Å²) in [4.78, 5) is 45.8. The largest absolute Gasteiger partial charge is 0.496 e. The molecule has 0 saturated carbocycles. The Morgan fingerprint density at radius 1 is 1.24 bits per heavy atom. The number of methoxy groups -OCH3 is 1. The maximum absolute atomic E-state index is 14.2. The number of allylic oxidation sites excluding steroid dienone is 1. The van der Waals surface area contributed by atoms with E-state index in [1.165, 1.54) is 23.8 Å². The predicted molar refractivity (Wildman–Crippen MR) is 162 cm³/mol. The minimum absolute atomic E-state index is 0.0647. The van der Waals surface area contributed by atoms with Crippen LogP contribution in [0.4, 0.5) is 11.4 Å². The summed E-state index contributed by atoms with van der Waals surface area (Å²) in [5, 5.41) is 12.1. The smallest absolute Gasteiger partial charge is 0.338 e. The second kappa shape index (κ2) is 12.1. The molecule has 220 valence electrons. The summed E-state index contributed by atoms with van der Waals surface area (Å²) in [6, 6.07) is 8.84. The van der Waals surface area contributed by atoms with Gasteiger partial charge >= 0.3 is 5.97 Å². The molecule has 3 aromatic rings. The Kier molecular flexibility index (Phi) is 8.51. The fourth-order valence-electron chi connectivity index (χ4n) is 5.45. The third-order valence-electron chi connectivity index (χ3n) is 7.64. The number of esters is 1. The van der Waals surface area contributed by atoms with Crippen molar-refractivity contribution in [1.82, 2.24) is 4.57 Å². The summed E-state index contributed by atoms with van der Waals surface area (Å²) in [6.45, 7) is 7.40. The molecule has 0 amide bonds. The van der Waals surface area contributed by atoms with Crippen LogP contribution in [0.2, 0.25) is 5.02 Å². The van der Waals surface area contributed by atoms with E-state index in [0.29, 0.717) is 42.8 Å². The molecule has 0 spiro atoms. The molecule has 0 unspecified atom stereocenters. The molecule has 2 aliphatic heterocycles. The first-order valence-electron chi connectivity index (χ1n) is 13.7. The number of hydrogen-bond donors (Lipinski definition) is 0. The fourth-order valence-corrected chi connectivity index (χ4v) is 6.67. The molecule has 1 aromatic heterocycles. The number of nitro benzene ring substituents is 1. The molecule has 2 aromatic carbocycles. The fraction of sp³-hybridized carbons (Fsp3) is 0.367. The van der Waals surface area contributed by atoms with E-state index < -0.39 is 22.5 Å². The Labute approximate surface area is 251 Å². The number of hydrogen-bond acceptors (Lipinski definition) is 9. The molecule has 0 radical (unpaired) electrons. The number of thiazole rings is 1. The van der Waals surface area contributed by atoms with Gasteiger partial charge < -0.3 is 14.4 Å². The summed E-state index contributed by atoms with van der Waals surface area (Å²) in [5.41, 5.74) is 2.06. The Bertz CT molecular complexity index is 1770. The zero-order valence-electron chi connectivity index (χ0n) is 23.8. The van der Waals surface area contributed by atoms with E-state index in [1.807, 2.05) is 0 Å². The van der Waals surface area contributed by atoms with Crippen LogP contribution in [0.5, 0.6) is 5.75 Å². The zero-order chi connectivity index (χ0) is 30.1. The standard InChI is InChI=1S/C30H31ClN4O6S/c1-5-41-29(37)26-18(3)32-30-34(27(26)22-16-20(31)6-9-24(22)40-4)28(36)25(42-30)15-19-14-21(35(38)39)7-8-23(19)33-12-10-17(2)11-13-33/h6-9,14-17,27H,5,10-13H2,1-4H3/b25-15-/t27-/m0/s1. The topological polar surface area (TPSA) is 116 Å². The molecular weight excluding hydrogens is 580 g/mol. The van der Waals surface area contributed by atoms with E-state index in [4.69, 9.17) is 21.1 Å². The minimum Gasteiger partial charge on any atom is -0.496 e. The summed E-state index contributed by atoms with van der Waals surface area (Å²) < 4.78 is 12.7. The number of fused-ring (bicyclic) bond motifs is 1. The van der Waals surface area contributed by atoms with E-state index >= 15 is 0 Å². The number of nitro groups is 1. The predicted octanol–water partition coefficient (Wildman–Crippen LogP) is 4.60. The lowest BCUT2D eigenvalue weighted by Crippen LogP contribution is -2.40. The number of carbonyl (C=O) groups excluding carboxylic acids is 1. The van der Waals surface area contributed by atoms with Gasteiger partial charge in [-0.15, -0.1) is 0 Å². The highest BCUT2D eigenvalue weighted by molar-refractivity contribution is 7.07. The minimum atomic E-state index is -0.913. The third kappa shape index (κ3) is 5.58. The summed E-state index contributed by atoms with van der Waals surface area (Å²) in [6.07, 6.45) is 3.70. The molecule has 12 heteroatoms. The lowest BCUT2D eigenvalue weighted by atomic mass is 9.95. The van der Waals surface area contributed by atoms with Gasteiger partial charge in [-0.2, -0.15) is 0 Å². The maximum Gasteiger partial charge on any atom is 0.338 e. The number of halogens is 1. The van der Waals surface area contributed by atoms with Crippen molar-refractivity contribution in [2.75, 3.05) is 31.7 Å². The number of rotatable bonds is 7. The van der Waals surface area contributed by atoms with Crippen molar-refractivity contribution in [2.24, 2.45) is 10.9 Å². The van der Waals surface area contributed by atoms with Gasteiger partial charge in [0.15, 0.2) is 4.80 Å².